The van der Waals surface area contributed by atoms with Crippen LogP contribution in [0.3, 0.4) is 0 Å². The van der Waals surface area contributed by atoms with Gasteiger partial charge in [-0.15, -0.1) is 0 Å². The van der Waals surface area contributed by atoms with E-state index in [2.05, 4.69) is 10.6 Å². The fourth-order valence-corrected chi connectivity index (χ4v) is 2.07. The molecule has 0 atom stereocenters. The minimum atomic E-state index is -0.222. The van der Waals surface area contributed by atoms with Crippen molar-refractivity contribution in [1.29, 1.82) is 0 Å². The summed E-state index contributed by atoms with van der Waals surface area (Å²) in [6.45, 7) is 4.64. The molecule has 0 heterocycles. The van der Waals surface area contributed by atoms with Gasteiger partial charge in [0.2, 0.25) is 5.91 Å². The van der Waals surface area contributed by atoms with Crippen LogP contribution in [0.5, 0.6) is 5.75 Å². The number of rotatable bonds is 8. The van der Waals surface area contributed by atoms with E-state index in [-0.39, 0.29) is 17.7 Å². The Kier molecular flexibility index (Phi) is 7.17. The first-order valence-corrected chi connectivity index (χ1v) is 8.43. The summed E-state index contributed by atoms with van der Waals surface area (Å²) in [6.07, 6.45) is 0. The maximum absolute atomic E-state index is 12.3. The van der Waals surface area contributed by atoms with Crippen molar-refractivity contribution in [3.8, 4) is 5.75 Å². The van der Waals surface area contributed by atoms with Crippen LogP contribution in [-0.2, 0) is 9.53 Å². The molecule has 138 valence electrons. The van der Waals surface area contributed by atoms with Crippen LogP contribution in [0, 0.1) is 5.92 Å². The first kappa shape index (κ1) is 19.5. The molecule has 0 aliphatic rings. The Labute approximate surface area is 153 Å². The smallest absolute Gasteiger partial charge is 0.255 e. The summed E-state index contributed by atoms with van der Waals surface area (Å²) in [5.74, 6) is 0.333. The predicted octanol–water partition coefficient (Wildman–Crippen LogP) is 3.56. The molecule has 0 saturated heterocycles. The van der Waals surface area contributed by atoms with Gasteiger partial charge in [0.05, 0.1) is 6.61 Å². The number of methoxy groups -OCH3 is 1. The second-order valence-electron chi connectivity index (χ2n) is 6.04. The Morgan fingerprint density at radius 3 is 2.04 bits per heavy atom. The van der Waals surface area contributed by atoms with Gasteiger partial charge < -0.3 is 20.1 Å². The largest absolute Gasteiger partial charge is 0.491 e. The summed E-state index contributed by atoms with van der Waals surface area (Å²) >= 11 is 0. The fraction of sp³-hybridized carbons (Fsp3) is 0.300. The molecule has 6 nitrogen and oxygen atoms in total. The SMILES string of the molecule is COCCOc1ccc(NC(=O)c2ccc(NC(=O)C(C)C)cc2)cc1. The van der Waals surface area contributed by atoms with Gasteiger partial charge in [0, 0.05) is 30.0 Å². The summed E-state index contributed by atoms with van der Waals surface area (Å²) in [6, 6.07) is 13.9. The molecule has 0 aliphatic heterocycles. The predicted molar refractivity (Wildman–Crippen MR) is 102 cm³/mol. The van der Waals surface area contributed by atoms with Crippen LogP contribution >= 0.6 is 0 Å². The number of carbonyl (C=O) groups excluding carboxylic acids is 2. The van der Waals surface area contributed by atoms with E-state index in [1.54, 1.807) is 55.6 Å². The molecule has 6 heteroatoms. The lowest BCUT2D eigenvalue weighted by Gasteiger charge is -2.10. The highest BCUT2D eigenvalue weighted by molar-refractivity contribution is 6.04. The molecule has 2 N–H and O–H groups in total. The molecule has 2 rings (SSSR count). The average molecular weight is 356 g/mol. The van der Waals surface area contributed by atoms with Crippen molar-refractivity contribution in [3.05, 3.63) is 54.1 Å². The van der Waals surface area contributed by atoms with Crippen molar-refractivity contribution in [3.63, 3.8) is 0 Å². The van der Waals surface area contributed by atoms with Crippen molar-refractivity contribution >= 4 is 23.2 Å². The first-order valence-electron chi connectivity index (χ1n) is 8.43. The second kappa shape index (κ2) is 9.58. The molecule has 0 aliphatic carbocycles. The van der Waals surface area contributed by atoms with Crippen molar-refractivity contribution < 1.29 is 19.1 Å². The third kappa shape index (κ3) is 5.89. The van der Waals surface area contributed by atoms with Crippen molar-refractivity contribution in [2.75, 3.05) is 31.0 Å². The zero-order chi connectivity index (χ0) is 18.9. The van der Waals surface area contributed by atoms with Crippen LogP contribution in [-0.4, -0.2) is 32.1 Å². The van der Waals surface area contributed by atoms with E-state index in [1.807, 2.05) is 13.8 Å². The number of anilines is 2. The molecule has 0 unspecified atom stereocenters. The third-order valence-corrected chi connectivity index (χ3v) is 3.61. The van der Waals surface area contributed by atoms with Crippen LogP contribution in [0.1, 0.15) is 24.2 Å². The zero-order valence-electron chi connectivity index (χ0n) is 15.2. The number of carbonyl (C=O) groups is 2. The topological polar surface area (TPSA) is 76.7 Å². The molecule has 0 saturated carbocycles. The number of benzene rings is 2. The van der Waals surface area contributed by atoms with Crippen LogP contribution in [0.4, 0.5) is 11.4 Å². The molecule has 0 bridgehead atoms. The highest BCUT2D eigenvalue weighted by Crippen LogP contribution is 2.17. The maximum Gasteiger partial charge on any atom is 0.255 e. The molecular formula is C20H24N2O4. The molecule has 0 fully saturated rings. The molecule has 0 spiro atoms. The van der Waals surface area contributed by atoms with Gasteiger partial charge >= 0.3 is 0 Å². The highest BCUT2D eigenvalue weighted by Gasteiger charge is 2.09. The molecule has 0 radical (unpaired) electrons. The number of amides is 2. The van der Waals surface area contributed by atoms with E-state index in [1.165, 1.54) is 0 Å². The summed E-state index contributed by atoms with van der Waals surface area (Å²) < 4.78 is 10.4. The van der Waals surface area contributed by atoms with E-state index in [9.17, 15) is 9.59 Å². The zero-order valence-corrected chi connectivity index (χ0v) is 15.2. The Morgan fingerprint density at radius 1 is 0.885 bits per heavy atom. The second-order valence-corrected chi connectivity index (χ2v) is 6.04. The van der Waals surface area contributed by atoms with Gasteiger partial charge in [-0.25, -0.2) is 0 Å². The van der Waals surface area contributed by atoms with E-state index >= 15 is 0 Å². The Morgan fingerprint density at radius 2 is 1.46 bits per heavy atom. The van der Waals surface area contributed by atoms with Crippen LogP contribution in [0.2, 0.25) is 0 Å². The van der Waals surface area contributed by atoms with Gasteiger partial charge in [-0.05, 0) is 48.5 Å². The molecule has 2 aromatic carbocycles. The van der Waals surface area contributed by atoms with Gasteiger partial charge in [-0.3, -0.25) is 9.59 Å². The number of ether oxygens (including phenoxy) is 2. The van der Waals surface area contributed by atoms with Crippen LogP contribution < -0.4 is 15.4 Å². The fourth-order valence-electron chi connectivity index (χ4n) is 2.07. The van der Waals surface area contributed by atoms with E-state index in [0.29, 0.717) is 35.9 Å². The van der Waals surface area contributed by atoms with E-state index < -0.39 is 0 Å². The van der Waals surface area contributed by atoms with E-state index in [4.69, 9.17) is 9.47 Å². The Bertz CT molecular complexity index is 724. The lowest BCUT2D eigenvalue weighted by molar-refractivity contribution is -0.118. The van der Waals surface area contributed by atoms with Gasteiger partial charge in [0.25, 0.3) is 5.91 Å². The monoisotopic (exact) mass is 356 g/mol. The average Bonchev–Trinajstić information content (AvgIpc) is 2.64. The van der Waals surface area contributed by atoms with Crippen LogP contribution in [0.15, 0.2) is 48.5 Å². The highest BCUT2D eigenvalue weighted by atomic mass is 16.5. The molecule has 0 aromatic heterocycles. The Hall–Kier alpha value is -2.86. The maximum atomic E-state index is 12.3. The number of hydrogen-bond donors (Lipinski definition) is 2. The van der Waals surface area contributed by atoms with Gasteiger partial charge in [0.1, 0.15) is 12.4 Å². The number of nitrogens with one attached hydrogen (secondary N) is 2. The summed E-state index contributed by atoms with van der Waals surface area (Å²) in [7, 11) is 1.62. The standard InChI is InChI=1S/C20H24N2O4/c1-14(2)19(23)21-16-6-4-15(5-7-16)20(24)22-17-8-10-18(11-9-17)26-13-12-25-3/h4-11,14H,12-13H2,1-3H3,(H,21,23)(H,22,24). The molecule has 2 amide bonds. The first-order chi connectivity index (χ1) is 12.5. The van der Waals surface area contributed by atoms with Crippen LogP contribution in [0.25, 0.3) is 0 Å². The summed E-state index contributed by atoms with van der Waals surface area (Å²) in [5, 5.41) is 5.62. The normalized spacial score (nSPS) is 10.5. The number of hydrogen-bond acceptors (Lipinski definition) is 4. The van der Waals surface area contributed by atoms with E-state index in [0.717, 1.165) is 0 Å². The van der Waals surface area contributed by atoms with Gasteiger partial charge in [-0.1, -0.05) is 13.8 Å². The van der Waals surface area contributed by atoms with Crippen molar-refractivity contribution in [2.24, 2.45) is 5.92 Å². The lowest BCUT2D eigenvalue weighted by atomic mass is 10.1. The summed E-state index contributed by atoms with van der Waals surface area (Å²) in [4.78, 5) is 24.0. The van der Waals surface area contributed by atoms with Crippen molar-refractivity contribution in [2.45, 2.75) is 13.8 Å². The molecule has 26 heavy (non-hydrogen) atoms. The van der Waals surface area contributed by atoms with Crippen molar-refractivity contribution in [1.82, 2.24) is 0 Å². The quantitative estimate of drug-likeness (QED) is 0.709. The molecule has 2 aromatic rings. The van der Waals surface area contributed by atoms with Gasteiger partial charge in [-0.2, -0.15) is 0 Å². The minimum absolute atomic E-state index is 0.0602. The third-order valence-electron chi connectivity index (χ3n) is 3.61. The van der Waals surface area contributed by atoms with Gasteiger partial charge in [0.15, 0.2) is 0 Å². The lowest BCUT2D eigenvalue weighted by Crippen LogP contribution is -2.18. The minimum Gasteiger partial charge on any atom is -0.491 e. The summed E-state index contributed by atoms with van der Waals surface area (Å²) in [5.41, 5.74) is 1.84. The molecular weight excluding hydrogens is 332 g/mol. The Balaban J connectivity index is 1.91.